The van der Waals surface area contributed by atoms with E-state index in [1.165, 1.54) is 0 Å². The Morgan fingerprint density at radius 3 is 2.57 bits per heavy atom. The molecule has 1 aromatic carbocycles. The summed E-state index contributed by atoms with van der Waals surface area (Å²) in [5.41, 5.74) is 1.56. The van der Waals surface area contributed by atoms with E-state index in [0.29, 0.717) is 12.2 Å². The third-order valence-corrected chi connectivity index (χ3v) is 1.90. The van der Waals surface area contributed by atoms with Gasteiger partial charge in [0.25, 0.3) is 0 Å². The van der Waals surface area contributed by atoms with Crippen molar-refractivity contribution in [2.24, 2.45) is 0 Å². The zero-order valence-electron chi connectivity index (χ0n) is 7.66. The monoisotopic (exact) mass is 205 g/mol. The molecule has 0 aromatic heterocycles. The number of hydrogen-bond acceptors (Lipinski definition) is 2. The Morgan fingerprint density at radius 1 is 1.43 bits per heavy atom. The highest BCUT2D eigenvalue weighted by molar-refractivity contribution is 7.80. The molecule has 0 heterocycles. The minimum absolute atomic E-state index is 0.0338. The molecule has 72 valence electrons. The van der Waals surface area contributed by atoms with Gasteiger partial charge >= 0.3 is 0 Å². The fourth-order valence-corrected chi connectivity index (χ4v) is 1.18. The van der Waals surface area contributed by atoms with E-state index in [1.807, 2.05) is 0 Å². The lowest BCUT2D eigenvalue weighted by atomic mass is 10.2. The van der Waals surface area contributed by atoms with Gasteiger partial charge in [-0.1, -0.05) is 5.92 Å². The molecule has 0 atom stereocenters. The topological polar surface area (TPSA) is 29.1 Å². The van der Waals surface area contributed by atoms with E-state index in [4.69, 9.17) is 6.42 Å². The van der Waals surface area contributed by atoms with Crippen molar-refractivity contribution in [3.05, 3.63) is 29.8 Å². The third kappa shape index (κ3) is 3.15. The van der Waals surface area contributed by atoms with E-state index in [0.717, 1.165) is 11.3 Å². The molecule has 0 aliphatic carbocycles. The molecular weight excluding hydrogens is 194 g/mol. The molecule has 0 saturated carbocycles. The number of nitrogens with one attached hydrogen (secondary N) is 1. The van der Waals surface area contributed by atoms with Gasteiger partial charge in [0.2, 0.25) is 5.91 Å². The highest BCUT2D eigenvalue weighted by Crippen LogP contribution is 2.08. The summed E-state index contributed by atoms with van der Waals surface area (Å²) in [6.07, 6.45) is 5.62. The van der Waals surface area contributed by atoms with Crippen LogP contribution >= 0.6 is 12.6 Å². The maximum atomic E-state index is 11.2. The fraction of sp³-hybridized carbons (Fsp3) is 0.182. The van der Waals surface area contributed by atoms with Crippen LogP contribution in [-0.2, 0) is 4.79 Å². The second-order valence-corrected chi connectivity index (χ2v) is 3.19. The highest BCUT2D eigenvalue weighted by atomic mass is 32.1. The molecule has 0 radical (unpaired) electrons. The first-order valence-corrected chi connectivity index (χ1v) is 4.87. The summed E-state index contributed by atoms with van der Waals surface area (Å²) in [7, 11) is 0. The summed E-state index contributed by atoms with van der Waals surface area (Å²) in [5, 5.41) is 2.74. The van der Waals surface area contributed by atoms with E-state index in [9.17, 15) is 4.79 Å². The minimum Gasteiger partial charge on any atom is -0.326 e. The molecule has 0 saturated heterocycles. The standard InChI is InChI=1S/C11H11NOS/c1-2-9-3-5-10(6-4-9)12-11(13)7-8-14/h1,3-6,14H,7-8H2,(H,12,13). The Labute approximate surface area is 89.1 Å². The van der Waals surface area contributed by atoms with Crippen LogP contribution in [0.4, 0.5) is 5.69 Å². The van der Waals surface area contributed by atoms with Crippen LogP contribution in [0.15, 0.2) is 24.3 Å². The number of thiol groups is 1. The molecule has 1 N–H and O–H groups in total. The molecule has 2 nitrogen and oxygen atoms in total. The normalized spacial score (nSPS) is 9.14. The minimum atomic E-state index is -0.0338. The van der Waals surface area contributed by atoms with Gasteiger partial charge in [-0.25, -0.2) is 0 Å². The third-order valence-electron chi connectivity index (χ3n) is 1.67. The number of rotatable bonds is 3. The van der Waals surface area contributed by atoms with E-state index < -0.39 is 0 Å². The molecule has 14 heavy (non-hydrogen) atoms. The number of carbonyl (C=O) groups excluding carboxylic acids is 1. The Morgan fingerprint density at radius 2 is 2.07 bits per heavy atom. The summed E-state index contributed by atoms with van der Waals surface area (Å²) < 4.78 is 0. The van der Waals surface area contributed by atoms with Crippen molar-refractivity contribution >= 4 is 24.2 Å². The molecule has 1 rings (SSSR count). The number of carbonyl (C=O) groups is 1. The van der Waals surface area contributed by atoms with E-state index in [-0.39, 0.29) is 5.91 Å². The first-order valence-electron chi connectivity index (χ1n) is 4.23. The van der Waals surface area contributed by atoms with Crippen molar-refractivity contribution in [1.29, 1.82) is 0 Å². The molecule has 0 aliphatic rings. The Balaban J connectivity index is 2.61. The maximum Gasteiger partial charge on any atom is 0.225 e. The lowest BCUT2D eigenvalue weighted by Crippen LogP contribution is -2.11. The van der Waals surface area contributed by atoms with Crippen molar-refractivity contribution in [2.75, 3.05) is 11.1 Å². The lowest BCUT2D eigenvalue weighted by molar-refractivity contribution is -0.115. The number of terminal acetylenes is 1. The summed E-state index contributed by atoms with van der Waals surface area (Å²) in [6.45, 7) is 0. The van der Waals surface area contributed by atoms with Crippen molar-refractivity contribution < 1.29 is 4.79 Å². The van der Waals surface area contributed by atoms with Gasteiger partial charge in [-0.05, 0) is 30.0 Å². The van der Waals surface area contributed by atoms with Crippen LogP contribution in [-0.4, -0.2) is 11.7 Å². The van der Waals surface area contributed by atoms with E-state index in [1.54, 1.807) is 24.3 Å². The predicted octanol–water partition coefficient (Wildman–Crippen LogP) is 1.93. The summed E-state index contributed by atoms with van der Waals surface area (Å²) >= 11 is 3.97. The van der Waals surface area contributed by atoms with Crippen molar-refractivity contribution in [3.8, 4) is 12.3 Å². The predicted molar refractivity (Wildman–Crippen MR) is 61.5 cm³/mol. The molecule has 0 unspecified atom stereocenters. The second kappa shape index (κ2) is 5.36. The Bertz CT molecular complexity index is 351. The molecule has 0 aliphatic heterocycles. The number of amides is 1. The van der Waals surface area contributed by atoms with Crippen LogP contribution < -0.4 is 5.32 Å². The molecular formula is C11H11NOS. The Kier molecular flexibility index (Phi) is 4.09. The van der Waals surface area contributed by atoms with Gasteiger partial charge in [0.1, 0.15) is 0 Å². The van der Waals surface area contributed by atoms with Crippen molar-refractivity contribution in [2.45, 2.75) is 6.42 Å². The number of benzene rings is 1. The SMILES string of the molecule is C#Cc1ccc(NC(=O)CCS)cc1. The van der Waals surface area contributed by atoms with Gasteiger partial charge in [0.05, 0.1) is 0 Å². The quantitative estimate of drug-likeness (QED) is 0.573. The first-order chi connectivity index (χ1) is 6.76. The molecule has 1 amide bonds. The zero-order valence-corrected chi connectivity index (χ0v) is 8.55. The first kappa shape index (κ1) is 10.7. The van der Waals surface area contributed by atoms with Crippen LogP contribution in [0.25, 0.3) is 0 Å². The number of anilines is 1. The molecule has 3 heteroatoms. The average molecular weight is 205 g/mol. The smallest absolute Gasteiger partial charge is 0.225 e. The lowest BCUT2D eigenvalue weighted by Gasteiger charge is -2.03. The maximum absolute atomic E-state index is 11.2. The van der Waals surface area contributed by atoms with Crippen LogP contribution in [0.3, 0.4) is 0 Å². The van der Waals surface area contributed by atoms with Gasteiger partial charge in [-0.3, -0.25) is 4.79 Å². The van der Waals surface area contributed by atoms with Crippen LogP contribution in [0.2, 0.25) is 0 Å². The van der Waals surface area contributed by atoms with E-state index in [2.05, 4.69) is 23.9 Å². The summed E-state index contributed by atoms with van der Waals surface area (Å²) in [4.78, 5) is 11.2. The zero-order chi connectivity index (χ0) is 10.4. The van der Waals surface area contributed by atoms with Crippen molar-refractivity contribution in [3.63, 3.8) is 0 Å². The fourth-order valence-electron chi connectivity index (χ4n) is 0.975. The van der Waals surface area contributed by atoms with Crippen LogP contribution in [0.5, 0.6) is 0 Å². The summed E-state index contributed by atoms with van der Waals surface area (Å²) in [5.74, 6) is 3.02. The molecule has 0 spiro atoms. The van der Waals surface area contributed by atoms with Gasteiger partial charge in [0.15, 0.2) is 0 Å². The van der Waals surface area contributed by atoms with Gasteiger partial charge in [-0.2, -0.15) is 12.6 Å². The van der Waals surface area contributed by atoms with Crippen LogP contribution in [0, 0.1) is 12.3 Å². The number of hydrogen-bond donors (Lipinski definition) is 2. The highest BCUT2D eigenvalue weighted by Gasteiger charge is 1.99. The van der Waals surface area contributed by atoms with Gasteiger partial charge in [0, 0.05) is 17.7 Å². The second-order valence-electron chi connectivity index (χ2n) is 2.74. The Hall–Kier alpha value is -1.40. The van der Waals surface area contributed by atoms with Gasteiger partial charge < -0.3 is 5.32 Å². The molecule has 1 aromatic rings. The summed E-state index contributed by atoms with van der Waals surface area (Å²) in [6, 6.07) is 7.14. The van der Waals surface area contributed by atoms with Crippen LogP contribution in [0.1, 0.15) is 12.0 Å². The van der Waals surface area contributed by atoms with Crippen molar-refractivity contribution in [1.82, 2.24) is 0 Å². The van der Waals surface area contributed by atoms with E-state index >= 15 is 0 Å². The molecule has 0 bridgehead atoms. The largest absolute Gasteiger partial charge is 0.326 e. The van der Waals surface area contributed by atoms with Gasteiger partial charge in [-0.15, -0.1) is 6.42 Å². The molecule has 0 fully saturated rings. The average Bonchev–Trinajstić information content (AvgIpc) is 2.19.